The number of carbonyl (C=O) groups excluding carboxylic acids is 1. The van der Waals surface area contributed by atoms with E-state index in [1.54, 1.807) is 6.07 Å². The van der Waals surface area contributed by atoms with Gasteiger partial charge in [-0.05, 0) is 30.3 Å². The molecule has 2 aromatic carbocycles. The van der Waals surface area contributed by atoms with Gasteiger partial charge >= 0.3 is 0 Å². The molecule has 1 amide bonds. The van der Waals surface area contributed by atoms with Crippen LogP contribution in [0, 0.1) is 11.6 Å². The quantitative estimate of drug-likeness (QED) is 0.948. The maximum atomic E-state index is 13.1. The third-order valence-corrected chi connectivity index (χ3v) is 3.87. The van der Waals surface area contributed by atoms with Gasteiger partial charge < -0.3 is 5.32 Å². The zero-order chi connectivity index (χ0) is 15.6. The normalized spacial score (nSPS) is 11.2. The van der Waals surface area contributed by atoms with E-state index in [0.717, 1.165) is 24.5 Å². The highest BCUT2D eigenvalue weighted by Gasteiger charge is 2.16. The summed E-state index contributed by atoms with van der Waals surface area (Å²) in [5.74, 6) is -2.95. The van der Waals surface area contributed by atoms with Gasteiger partial charge in [0, 0.05) is 11.8 Å². The standard InChI is InChI=1S/C14H11F2NO3S/c1-21(19,20)13-5-3-2-4-12(13)17-14(18)9-6-7-10(15)11(16)8-9/h2-8H,1H3,(H,17,18). The van der Waals surface area contributed by atoms with Crippen LogP contribution < -0.4 is 5.32 Å². The predicted octanol–water partition coefficient (Wildman–Crippen LogP) is 2.62. The van der Waals surface area contributed by atoms with Gasteiger partial charge in [0.25, 0.3) is 5.91 Å². The van der Waals surface area contributed by atoms with Gasteiger partial charge in [0.05, 0.1) is 10.6 Å². The lowest BCUT2D eigenvalue weighted by atomic mass is 10.2. The summed E-state index contributed by atoms with van der Waals surface area (Å²) >= 11 is 0. The first-order chi connectivity index (χ1) is 9.79. The first kappa shape index (κ1) is 15.1. The molecular formula is C14H11F2NO3S. The van der Waals surface area contributed by atoms with Gasteiger partial charge in [0.2, 0.25) is 0 Å². The summed E-state index contributed by atoms with van der Waals surface area (Å²) in [7, 11) is -3.52. The minimum atomic E-state index is -3.52. The average Bonchev–Trinajstić information content (AvgIpc) is 2.41. The molecule has 4 nitrogen and oxygen atoms in total. The lowest BCUT2D eigenvalue weighted by Crippen LogP contribution is -2.15. The lowest BCUT2D eigenvalue weighted by molar-refractivity contribution is 0.102. The van der Waals surface area contributed by atoms with E-state index >= 15 is 0 Å². The molecule has 0 atom stereocenters. The number of anilines is 1. The van der Waals surface area contributed by atoms with Crippen LogP contribution in [-0.2, 0) is 9.84 Å². The van der Waals surface area contributed by atoms with Crippen LogP contribution in [-0.4, -0.2) is 20.6 Å². The van der Waals surface area contributed by atoms with Crippen LogP contribution in [0.5, 0.6) is 0 Å². The van der Waals surface area contributed by atoms with Crippen molar-refractivity contribution in [3.05, 3.63) is 59.7 Å². The highest BCUT2D eigenvalue weighted by molar-refractivity contribution is 7.90. The minimum Gasteiger partial charge on any atom is -0.321 e. The molecule has 0 aliphatic carbocycles. The fourth-order valence-corrected chi connectivity index (χ4v) is 2.57. The Morgan fingerprint density at radius 3 is 2.33 bits per heavy atom. The third kappa shape index (κ3) is 3.43. The molecule has 0 aromatic heterocycles. The Morgan fingerprint density at radius 2 is 1.71 bits per heavy atom. The van der Waals surface area contributed by atoms with Crippen molar-refractivity contribution in [2.75, 3.05) is 11.6 Å². The van der Waals surface area contributed by atoms with Crippen LogP contribution in [0.1, 0.15) is 10.4 Å². The Kier molecular flexibility index (Phi) is 4.04. The Morgan fingerprint density at radius 1 is 1.05 bits per heavy atom. The fraction of sp³-hybridized carbons (Fsp3) is 0.0714. The monoisotopic (exact) mass is 311 g/mol. The number of amides is 1. The molecule has 0 aliphatic rings. The van der Waals surface area contributed by atoms with Crippen LogP contribution in [0.2, 0.25) is 0 Å². The van der Waals surface area contributed by atoms with Crippen LogP contribution in [0.15, 0.2) is 47.4 Å². The highest BCUT2D eigenvalue weighted by atomic mass is 32.2. The second-order valence-electron chi connectivity index (χ2n) is 4.35. The summed E-state index contributed by atoms with van der Waals surface area (Å²) in [6.45, 7) is 0. The van der Waals surface area contributed by atoms with Crippen molar-refractivity contribution in [3.8, 4) is 0 Å². The van der Waals surface area contributed by atoms with E-state index in [9.17, 15) is 22.0 Å². The van der Waals surface area contributed by atoms with Crippen LogP contribution in [0.4, 0.5) is 14.5 Å². The van der Waals surface area contributed by atoms with Gasteiger partial charge in [-0.2, -0.15) is 0 Å². The van der Waals surface area contributed by atoms with E-state index in [0.29, 0.717) is 0 Å². The molecular weight excluding hydrogens is 300 g/mol. The van der Waals surface area contributed by atoms with Crippen molar-refractivity contribution in [1.29, 1.82) is 0 Å². The van der Waals surface area contributed by atoms with E-state index in [2.05, 4.69) is 5.32 Å². The van der Waals surface area contributed by atoms with Crippen molar-refractivity contribution in [3.63, 3.8) is 0 Å². The summed E-state index contributed by atoms with van der Waals surface area (Å²) in [5, 5.41) is 2.37. The van der Waals surface area contributed by atoms with Gasteiger partial charge in [-0.3, -0.25) is 4.79 Å². The average molecular weight is 311 g/mol. The molecule has 2 aromatic rings. The van der Waals surface area contributed by atoms with Gasteiger partial charge in [-0.15, -0.1) is 0 Å². The van der Waals surface area contributed by atoms with Crippen molar-refractivity contribution in [2.45, 2.75) is 4.90 Å². The van der Waals surface area contributed by atoms with Crippen molar-refractivity contribution in [1.82, 2.24) is 0 Å². The molecule has 7 heteroatoms. The molecule has 0 fully saturated rings. The minimum absolute atomic E-state index is 0.0547. The van der Waals surface area contributed by atoms with Crippen molar-refractivity contribution >= 4 is 21.4 Å². The van der Waals surface area contributed by atoms with Crippen LogP contribution >= 0.6 is 0 Å². The Hall–Kier alpha value is -2.28. The SMILES string of the molecule is CS(=O)(=O)c1ccccc1NC(=O)c1ccc(F)c(F)c1. The fourth-order valence-electron chi connectivity index (χ4n) is 1.73. The molecule has 0 spiro atoms. The number of hydrogen-bond acceptors (Lipinski definition) is 3. The summed E-state index contributed by atoms with van der Waals surface area (Å²) < 4.78 is 49.1. The highest BCUT2D eigenvalue weighted by Crippen LogP contribution is 2.21. The van der Waals surface area contributed by atoms with Gasteiger partial charge in [-0.25, -0.2) is 17.2 Å². The zero-order valence-corrected chi connectivity index (χ0v) is 11.7. The second-order valence-corrected chi connectivity index (χ2v) is 6.34. The van der Waals surface area contributed by atoms with E-state index in [1.165, 1.54) is 18.2 Å². The maximum Gasteiger partial charge on any atom is 0.255 e. The summed E-state index contributed by atoms with van der Waals surface area (Å²) in [6, 6.07) is 8.50. The lowest BCUT2D eigenvalue weighted by Gasteiger charge is -2.09. The number of nitrogens with one attached hydrogen (secondary N) is 1. The first-order valence-electron chi connectivity index (χ1n) is 5.84. The predicted molar refractivity (Wildman–Crippen MR) is 73.9 cm³/mol. The summed E-state index contributed by atoms with van der Waals surface area (Å²) in [6.07, 6.45) is 1.01. The first-order valence-corrected chi connectivity index (χ1v) is 7.73. The number of rotatable bonds is 3. The Balaban J connectivity index is 2.34. The summed E-state index contributed by atoms with van der Waals surface area (Å²) in [5.41, 5.74) is -0.0352. The number of para-hydroxylation sites is 1. The number of hydrogen-bond donors (Lipinski definition) is 1. The van der Waals surface area contributed by atoms with Crippen molar-refractivity contribution in [2.24, 2.45) is 0 Å². The molecule has 0 saturated heterocycles. The van der Waals surface area contributed by atoms with Gasteiger partial charge in [0.15, 0.2) is 21.5 Å². The molecule has 0 radical (unpaired) electrons. The van der Waals surface area contributed by atoms with Crippen LogP contribution in [0.25, 0.3) is 0 Å². The molecule has 0 bridgehead atoms. The molecule has 2 rings (SSSR count). The topological polar surface area (TPSA) is 63.2 Å². The van der Waals surface area contributed by atoms with E-state index < -0.39 is 27.4 Å². The van der Waals surface area contributed by atoms with E-state index in [1.807, 2.05) is 0 Å². The number of benzene rings is 2. The molecule has 21 heavy (non-hydrogen) atoms. The zero-order valence-electron chi connectivity index (χ0n) is 10.9. The largest absolute Gasteiger partial charge is 0.321 e. The number of halogens is 2. The molecule has 1 N–H and O–H groups in total. The smallest absolute Gasteiger partial charge is 0.255 e. The molecule has 0 aliphatic heterocycles. The van der Waals surface area contributed by atoms with Gasteiger partial charge in [-0.1, -0.05) is 12.1 Å². The molecule has 0 unspecified atom stereocenters. The molecule has 0 saturated carbocycles. The van der Waals surface area contributed by atoms with E-state index in [4.69, 9.17) is 0 Å². The van der Waals surface area contributed by atoms with Gasteiger partial charge in [0.1, 0.15) is 0 Å². The number of sulfone groups is 1. The summed E-state index contributed by atoms with van der Waals surface area (Å²) in [4.78, 5) is 11.9. The van der Waals surface area contributed by atoms with Crippen LogP contribution in [0.3, 0.4) is 0 Å². The molecule has 0 heterocycles. The maximum absolute atomic E-state index is 13.1. The van der Waals surface area contributed by atoms with E-state index in [-0.39, 0.29) is 16.1 Å². The van der Waals surface area contributed by atoms with Crippen molar-refractivity contribution < 1.29 is 22.0 Å². The Bertz CT molecular complexity index is 804. The molecule has 110 valence electrons. The Labute approximate surface area is 120 Å². The second kappa shape index (κ2) is 5.61. The number of carbonyl (C=O) groups is 1. The third-order valence-electron chi connectivity index (χ3n) is 2.72.